The molecule has 1 aliphatic rings. The third kappa shape index (κ3) is 3.15. The number of hydrogen-bond acceptors (Lipinski definition) is 3. The topological polar surface area (TPSA) is 69.8 Å². The predicted molar refractivity (Wildman–Crippen MR) is 76.0 cm³/mol. The molecule has 19 heavy (non-hydrogen) atoms. The molecule has 1 saturated heterocycles. The van der Waals surface area contributed by atoms with Crippen LogP contribution in [-0.4, -0.2) is 29.2 Å². The summed E-state index contributed by atoms with van der Waals surface area (Å²) in [5.41, 5.74) is 0.824. The molecular formula is C14H24N4O. The Labute approximate surface area is 114 Å². The van der Waals surface area contributed by atoms with Crippen molar-refractivity contribution in [2.45, 2.75) is 46.0 Å². The van der Waals surface area contributed by atoms with Crippen molar-refractivity contribution >= 4 is 11.7 Å². The van der Waals surface area contributed by atoms with Crippen molar-refractivity contribution in [1.29, 1.82) is 0 Å². The second-order valence-electron chi connectivity index (χ2n) is 5.44. The van der Waals surface area contributed by atoms with Crippen LogP contribution in [0.4, 0.5) is 5.82 Å². The van der Waals surface area contributed by atoms with Crippen LogP contribution in [0.3, 0.4) is 0 Å². The average Bonchev–Trinajstić information content (AvgIpc) is 3.01. The molecule has 106 valence electrons. The summed E-state index contributed by atoms with van der Waals surface area (Å²) in [7, 11) is 0. The first kappa shape index (κ1) is 14.1. The maximum Gasteiger partial charge on any atom is 0.233 e. The van der Waals surface area contributed by atoms with Gasteiger partial charge >= 0.3 is 0 Å². The smallest absolute Gasteiger partial charge is 0.233 e. The Hall–Kier alpha value is -1.36. The molecule has 2 heterocycles. The van der Waals surface area contributed by atoms with Gasteiger partial charge in [-0.25, -0.2) is 0 Å². The Balaban J connectivity index is 2.02. The zero-order chi connectivity index (χ0) is 13.7. The minimum atomic E-state index is -0.251. The summed E-state index contributed by atoms with van der Waals surface area (Å²) in [6.45, 7) is 5.95. The Morgan fingerprint density at radius 1 is 1.47 bits per heavy atom. The molecule has 5 heteroatoms. The van der Waals surface area contributed by atoms with Crippen molar-refractivity contribution in [2.75, 3.05) is 18.4 Å². The number of amides is 1. The van der Waals surface area contributed by atoms with Crippen LogP contribution in [-0.2, 0) is 11.2 Å². The number of aromatic nitrogens is 2. The van der Waals surface area contributed by atoms with Crippen molar-refractivity contribution in [3.63, 3.8) is 0 Å². The van der Waals surface area contributed by atoms with E-state index in [1.165, 1.54) is 0 Å². The van der Waals surface area contributed by atoms with Crippen LogP contribution in [0.2, 0.25) is 0 Å². The van der Waals surface area contributed by atoms with Gasteiger partial charge in [0.2, 0.25) is 5.91 Å². The molecule has 5 nitrogen and oxygen atoms in total. The van der Waals surface area contributed by atoms with Crippen LogP contribution < -0.4 is 10.6 Å². The van der Waals surface area contributed by atoms with Gasteiger partial charge < -0.3 is 10.6 Å². The highest BCUT2D eigenvalue weighted by molar-refractivity contribution is 5.95. The lowest BCUT2D eigenvalue weighted by molar-refractivity contribution is -0.125. The van der Waals surface area contributed by atoms with E-state index in [0.717, 1.165) is 50.9 Å². The Kier molecular flexibility index (Phi) is 4.58. The van der Waals surface area contributed by atoms with Gasteiger partial charge in [-0.15, -0.1) is 0 Å². The Bertz CT molecular complexity index is 421. The van der Waals surface area contributed by atoms with Gasteiger partial charge in [-0.1, -0.05) is 26.7 Å². The van der Waals surface area contributed by atoms with E-state index in [9.17, 15) is 4.79 Å². The molecule has 1 atom stereocenters. The van der Waals surface area contributed by atoms with Crippen LogP contribution >= 0.6 is 0 Å². The molecule has 1 aromatic rings. The van der Waals surface area contributed by atoms with Crippen molar-refractivity contribution < 1.29 is 4.79 Å². The lowest BCUT2D eigenvalue weighted by Crippen LogP contribution is -2.38. The fourth-order valence-corrected chi connectivity index (χ4v) is 2.81. The summed E-state index contributed by atoms with van der Waals surface area (Å²) in [6.07, 6.45) is 4.90. The van der Waals surface area contributed by atoms with E-state index in [1.54, 1.807) is 0 Å². The molecule has 1 aromatic heterocycles. The van der Waals surface area contributed by atoms with Crippen molar-refractivity contribution in [3.8, 4) is 0 Å². The maximum atomic E-state index is 12.5. The SMILES string of the molecule is CCCc1cc(NC(=O)C2(CCC)CCNC2)n[nH]1. The Morgan fingerprint density at radius 3 is 2.95 bits per heavy atom. The van der Waals surface area contributed by atoms with E-state index in [-0.39, 0.29) is 11.3 Å². The molecule has 0 spiro atoms. The molecule has 1 amide bonds. The lowest BCUT2D eigenvalue weighted by Gasteiger charge is -2.25. The monoisotopic (exact) mass is 264 g/mol. The van der Waals surface area contributed by atoms with Crippen LogP contribution in [0.5, 0.6) is 0 Å². The van der Waals surface area contributed by atoms with Gasteiger partial charge in [-0.05, 0) is 25.8 Å². The zero-order valence-corrected chi connectivity index (χ0v) is 11.9. The van der Waals surface area contributed by atoms with Crippen molar-refractivity contribution in [1.82, 2.24) is 15.5 Å². The molecule has 2 rings (SSSR count). The number of nitrogens with one attached hydrogen (secondary N) is 3. The normalized spacial score (nSPS) is 22.6. The van der Waals surface area contributed by atoms with Gasteiger partial charge in [-0.3, -0.25) is 9.89 Å². The predicted octanol–water partition coefficient (Wildman–Crippen LogP) is 2.08. The number of rotatable bonds is 6. The van der Waals surface area contributed by atoms with Gasteiger partial charge in [0.25, 0.3) is 0 Å². The van der Waals surface area contributed by atoms with Crippen LogP contribution in [0.25, 0.3) is 0 Å². The highest BCUT2D eigenvalue weighted by atomic mass is 16.2. The van der Waals surface area contributed by atoms with Gasteiger partial charge in [0.15, 0.2) is 5.82 Å². The van der Waals surface area contributed by atoms with Gasteiger partial charge in [0.05, 0.1) is 5.41 Å². The highest BCUT2D eigenvalue weighted by Gasteiger charge is 2.40. The molecule has 0 aromatic carbocycles. The lowest BCUT2D eigenvalue weighted by atomic mass is 9.81. The summed E-state index contributed by atoms with van der Waals surface area (Å²) >= 11 is 0. The summed E-state index contributed by atoms with van der Waals surface area (Å²) in [6, 6.07) is 1.93. The van der Waals surface area contributed by atoms with E-state index in [1.807, 2.05) is 6.07 Å². The maximum absolute atomic E-state index is 12.5. The van der Waals surface area contributed by atoms with E-state index < -0.39 is 0 Å². The molecule has 1 fully saturated rings. The van der Waals surface area contributed by atoms with Crippen LogP contribution in [0.15, 0.2) is 6.07 Å². The average molecular weight is 264 g/mol. The van der Waals surface area contributed by atoms with Gasteiger partial charge in [0, 0.05) is 18.3 Å². The number of carbonyl (C=O) groups excluding carboxylic acids is 1. The molecule has 0 aliphatic carbocycles. The first-order chi connectivity index (χ1) is 9.20. The zero-order valence-electron chi connectivity index (χ0n) is 11.9. The van der Waals surface area contributed by atoms with Crippen LogP contribution in [0, 0.1) is 5.41 Å². The first-order valence-corrected chi connectivity index (χ1v) is 7.26. The van der Waals surface area contributed by atoms with E-state index in [0.29, 0.717) is 5.82 Å². The quantitative estimate of drug-likeness (QED) is 0.736. The van der Waals surface area contributed by atoms with Crippen molar-refractivity contribution in [2.24, 2.45) is 5.41 Å². The van der Waals surface area contributed by atoms with Crippen LogP contribution in [0.1, 0.15) is 45.2 Å². The third-order valence-electron chi connectivity index (χ3n) is 3.85. The molecule has 3 N–H and O–H groups in total. The van der Waals surface area contributed by atoms with E-state index >= 15 is 0 Å². The number of nitrogens with zero attached hydrogens (tertiary/aromatic N) is 1. The molecule has 0 radical (unpaired) electrons. The second-order valence-corrected chi connectivity index (χ2v) is 5.44. The molecule has 1 aliphatic heterocycles. The summed E-state index contributed by atoms with van der Waals surface area (Å²) in [4.78, 5) is 12.5. The molecule has 1 unspecified atom stereocenters. The van der Waals surface area contributed by atoms with Crippen molar-refractivity contribution in [3.05, 3.63) is 11.8 Å². The second kappa shape index (κ2) is 6.19. The standard InChI is InChI=1S/C14H24N4O/c1-3-5-11-9-12(18-17-11)16-13(19)14(6-4-2)7-8-15-10-14/h9,15H,3-8,10H2,1-2H3,(H2,16,17,18,19). The van der Waals surface area contributed by atoms with Gasteiger partial charge in [-0.2, -0.15) is 5.10 Å². The molecule has 0 saturated carbocycles. The number of hydrogen-bond donors (Lipinski definition) is 3. The highest BCUT2D eigenvalue weighted by Crippen LogP contribution is 2.32. The van der Waals surface area contributed by atoms with Gasteiger partial charge in [0.1, 0.15) is 0 Å². The largest absolute Gasteiger partial charge is 0.316 e. The number of carbonyl (C=O) groups is 1. The molecule has 0 bridgehead atoms. The minimum absolute atomic E-state index is 0.105. The fourth-order valence-electron chi connectivity index (χ4n) is 2.81. The Morgan fingerprint density at radius 2 is 2.32 bits per heavy atom. The number of aryl methyl sites for hydroxylation is 1. The first-order valence-electron chi connectivity index (χ1n) is 7.26. The molecular weight excluding hydrogens is 240 g/mol. The van der Waals surface area contributed by atoms with E-state index in [4.69, 9.17) is 0 Å². The number of H-pyrrole nitrogens is 1. The number of anilines is 1. The summed E-state index contributed by atoms with van der Waals surface area (Å²) in [5.74, 6) is 0.754. The third-order valence-corrected chi connectivity index (χ3v) is 3.85. The number of aromatic amines is 1. The summed E-state index contributed by atoms with van der Waals surface area (Å²) < 4.78 is 0. The summed E-state index contributed by atoms with van der Waals surface area (Å²) in [5, 5.41) is 13.4. The minimum Gasteiger partial charge on any atom is -0.316 e. The van der Waals surface area contributed by atoms with E-state index in [2.05, 4.69) is 34.7 Å². The fraction of sp³-hybridized carbons (Fsp3) is 0.714.